The van der Waals surface area contributed by atoms with E-state index in [1.807, 2.05) is 0 Å². The molecule has 3 rings (SSSR count). The van der Waals surface area contributed by atoms with Gasteiger partial charge in [-0.3, -0.25) is 0 Å². The van der Waals surface area contributed by atoms with Crippen molar-refractivity contribution in [3.8, 4) is 12.1 Å². The fraction of sp³-hybridized carbons (Fsp3) is 0.818. The Bertz CT molecular complexity index is 578. The molecular weight excluding hydrogens is 348 g/mol. The molecule has 0 radical (unpaired) electrons. The molecule has 0 spiro atoms. The molecule has 3 aliphatic rings. The standard InChI is InChI=1S/C22H36N6/c1-19-7-3-9-25(19)11-5-13-27-15-16-28(22(27)21(17-23)18-24)14-6-12-26-10-4-8-20(26)2/h19-20H,3-16H2,1-2H3/t19-,20-/m0/s1. The van der Waals surface area contributed by atoms with Crippen LogP contribution in [0, 0.1) is 22.7 Å². The van der Waals surface area contributed by atoms with Gasteiger partial charge in [0.1, 0.15) is 18.0 Å². The summed E-state index contributed by atoms with van der Waals surface area (Å²) < 4.78 is 0. The maximum absolute atomic E-state index is 9.49. The fourth-order valence-corrected chi connectivity index (χ4v) is 5.11. The van der Waals surface area contributed by atoms with E-state index in [9.17, 15) is 10.5 Å². The third-order valence-electron chi connectivity index (χ3n) is 6.81. The summed E-state index contributed by atoms with van der Waals surface area (Å²) in [5, 5.41) is 19.0. The van der Waals surface area contributed by atoms with E-state index in [-0.39, 0.29) is 5.57 Å². The van der Waals surface area contributed by atoms with E-state index in [0.717, 1.165) is 57.9 Å². The van der Waals surface area contributed by atoms with E-state index in [2.05, 4.69) is 45.6 Å². The van der Waals surface area contributed by atoms with Gasteiger partial charge in [0.05, 0.1) is 0 Å². The molecule has 2 atom stereocenters. The van der Waals surface area contributed by atoms with E-state index in [4.69, 9.17) is 0 Å². The first kappa shape index (κ1) is 21.0. The van der Waals surface area contributed by atoms with Crippen LogP contribution in [0.1, 0.15) is 52.4 Å². The molecule has 6 nitrogen and oxygen atoms in total. The molecule has 0 aliphatic carbocycles. The van der Waals surface area contributed by atoms with Crippen LogP contribution in [0.3, 0.4) is 0 Å². The van der Waals surface area contributed by atoms with Crippen molar-refractivity contribution in [1.82, 2.24) is 19.6 Å². The molecule has 0 N–H and O–H groups in total. The first-order valence-electron chi connectivity index (χ1n) is 11.2. The summed E-state index contributed by atoms with van der Waals surface area (Å²) in [5.41, 5.74) is 0.279. The molecule has 3 fully saturated rings. The highest BCUT2D eigenvalue weighted by Gasteiger charge is 2.29. The Morgan fingerprint density at radius 1 is 0.786 bits per heavy atom. The topological polar surface area (TPSA) is 60.5 Å². The maximum atomic E-state index is 9.49. The summed E-state index contributed by atoms with van der Waals surface area (Å²) in [7, 11) is 0. The van der Waals surface area contributed by atoms with Crippen LogP contribution in [-0.2, 0) is 0 Å². The number of hydrogen-bond acceptors (Lipinski definition) is 6. The van der Waals surface area contributed by atoms with Crippen LogP contribution in [0.15, 0.2) is 11.4 Å². The first-order chi connectivity index (χ1) is 13.6. The highest BCUT2D eigenvalue weighted by Crippen LogP contribution is 2.24. The Morgan fingerprint density at radius 2 is 1.25 bits per heavy atom. The summed E-state index contributed by atoms with van der Waals surface area (Å²) in [6.45, 7) is 13.0. The van der Waals surface area contributed by atoms with E-state index >= 15 is 0 Å². The van der Waals surface area contributed by atoms with Gasteiger partial charge in [0, 0.05) is 51.4 Å². The van der Waals surface area contributed by atoms with Crippen molar-refractivity contribution in [2.24, 2.45) is 0 Å². The molecule has 28 heavy (non-hydrogen) atoms. The molecule has 3 heterocycles. The van der Waals surface area contributed by atoms with Crippen molar-refractivity contribution >= 4 is 0 Å². The number of nitriles is 2. The number of hydrogen-bond donors (Lipinski definition) is 0. The summed E-state index contributed by atoms with van der Waals surface area (Å²) >= 11 is 0. The van der Waals surface area contributed by atoms with Crippen molar-refractivity contribution in [2.75, 3.05) is 52.4 Å². The van der Waals surface area contributed by atoms with E-state index < -0.39 is 0 Å². The third kappa shape index (κ3) is 4.99. The van der Waals surface area contributed by atoms with Crippen LogP contribution in [0.25, 0.3) is 0 Å². The third-order valence-corrected chi connectivity index (χ3v) is 6.81. The molecule has 0 aromatic carbocycles. The molecule has 0 amide bonds. The highest BCUT2D eigenvalue weighted by atomic mass is 15.4. The normalized spacial score (nSPS) is 26.1. The smallest absolute Gasteiger partial charge is 0.169 e. The minimum atomic E-state index is 0.279. The SMILES string of the molecule is C[C@H]1CCCN1CCCN1CCN(CCCN2CCC[C@@H]2C)C1=C(C#N)C#N. The molecule has 154 valence electrons. The minimum Gasteiger partial charge on any atom is -0.355 e. The Hall–Kier alpha value is -1.76. The Balaban J connectivity index is 1.53. The highest BCUT2D eigenvalue weighted by molar-refractivity contribution is 5.40. The number of nitrogens with zero attached hydrogens (tertiary/aromatic N) is 6. The number of allylic oxidation sites excluding steroid dienone is 1. The number of likely N-dealkylation sites (tertiary alicyclic amines) is 2. The molecule has 6 heteroatoms. The summed E-state index contributed by atoms with van der Waals surface area (Å²) in [5.74, 6) is 0.883. The second-order valence-electron chi connectivity index (χ2n) is 8.66. The molecule has 3 aliphatic heterocycles. The first-order valence-corrected chi connectivity index (χ1v) is 11.2. The number of rotatable bonds is 8. The van der Waals surface area contributed by atoms with Gasteiger partial charge in [0.2, 0.25) is 0 Å². The van der Waals surface area contributed by atoms with Crippen LogP contribution in [-0.4, -0.2) is 84.0 Å². The van der Waals surface area contributed by atoms with Crippen molar-refractivity contribution in [3.05, 3.63) is 11.4 Å². The lowest BCUT2D eigenvalue weighted by Crippen LogP contribution is -2.33. The quantitative estimate of drug-likeness (QED) is 0.600. The van der Waals surface area contributed by atoms with Gasteiger partial charge in [0.25, 0.3) is 0 Å². The largest absolute Gasteiger partial charge is 0.355 e. The predicted molar refractivity (Wildman–Crippen MR) is 111 cm³/mol. The molecular formula is C22H36N6. The lowest BCUT2D eigenvalue weighted by Gasteiger charge is -2.27. The zero-order valence-electron chi connectivity index (χ0n) is 17.7. The van der Waals surface area contributed by atoms with Gasteiger partial charge in [-0.15, -0.1) is 0 Å². The van der Waals surface area contributed by atoms with Gasteiger partial charge in [-0.05, 0) is 65.5 Å². The van der Waals surface area contributed by atoms with Gasteiger partial charge in [0.15, 0.2) is 5.57 Å². The van der Waals surface area contributed by atoms with Crippen molar-refractivity contribution in [3.63, 3.8) is 0 Å². The van der Waals surface area contributed by atoms with Crippen LogP contribution < -0.4 is 0 Å². The fourth-order valence-electron chi connectivity index (χ4n) is 5.11. The summed E-state index contributed by atoms with van der Waals surface area (Å²) in [6.07, 6.45) is 7.43. The maximum Gasteiger partial charge on any atom is 0.169 e. The lowest BCUT2D eigenvalue weighted by atomic mass is 10.2. The van der Waals surface area contributed by atoms with Crippen LogP contribution in [0.5, 0.6) is 0 Å². The molecule has 0 saturated carbocycles. The second-order valence-corrected chi connectivity index (χ2v) is 8.66. The van der Waals surface area contributed by atoms with Gasteiger partial charge in [-0.25, -0.2) is 0 Å². The van der Waals surface area contributed by atoms with Crippen molar-refractivity contribution in [1.29, 1.82) is 10.5 Å². The van der Waals surface area contributed by atoms with Crippen LogP contribution in [0.4, 0.5) is 0 Å². The average Bonchev–Trinajstić information content (AvgIpc) is 3.39. The average molecular weight is 385 g/mol. The second kappa shape index (κ2) is 10.1. The monoisotopic (exact) mass is 384 g/mol. The van der Waals surface area contributed by atoms with E-state index in [1.54, 1.807) is 0 Å². The zero-order valence-corrected chi connectivity index (χ0v) is 17.7. The Morgan fingerprint density at radius 3 is 1.61 bits per heavy atom. The zero-order chi connectivity index (χ0) is 19.9. The van der Waals surface area contributed by atoms with Crippen LogP contribution >= 0.6 is 0 Å². The van der Waals surface area contributed by atoms with E-state index in [0.29, 0.717) is 12.1 Å². The molecule has 0 bridgehead atoms. The van der Waals surface area contributed by atoms with Gasteiger partial charge in [-0.1, -0.05) is 0 Å². The Labute approximate surface area is 171 Å². The van der Waals surface area contributed by atoms with Gasteiger partial charge < -0.3 is 19.6 Å². The van der Waals surface area contributed by atoms with Gasteiger partial charge >= 0.3 is 0 Å². The van der Waals surface area contributed by atoms with E-state index in [1.165, 1.54) is 38.8 Å². The van der Waals surface area contributed by atoms with Crippen molar-refractivity contribution in [2.45, 2.75) is 64.5 Å². The molecule has 0 aromatic rings. The molecule has 0 unspecified atom stereocenters. The summed E-state index contributed by atoms with van der Waals surface area (Å²) in [4.78, 5) is 9.70. The molecule has 0 aromatic heterocycles. The Kier molecular flexibility index (Phi) is 7.59. The minimum absolute atomic E-state index is 0.279. The van der Waals surface area contributed by atoms with Crippen LogP contribution in [0.2, 0.25) is 0 Å². The summed E-state index contributed by atoms with van der Waals surface area (Å²) in [6, 6.07) is 5.69. The molecule has 3 saturated heterocycles. The lowest BCUT2D eigenvalue weighted by molar-refractivity contribution is 0.237. The van der Waals surface area contributed by atoms with Gasteiger partial charge in [-0.2, -0.15) is 10.5 Å². The predicted octanol–water partition coefficient (Wildman–Crippen LogP) is 2.61. The van der Waals surface area contributed by atoms with Crippen molar-refractivity contribution < 1.29 is 0 Å².